The van der Waals surface area contributed by atoms with Gasteiger partial charge in [0.2, 0.25) is 5.91 Å². The summed E-state index contributed by atoms with van der Waals surface area (Å²) in [4.78, 5) is 13.2. The molecular weight excluding hydrogens is 218 g/mol. The van der Waals surface area contributed by atoms with Crippen molar-refractivity contribution in [3.63, 3.8) is 0 Å². The molecule has 0 aromatic carbocycles. The Bertz CT molecular complexity index is 232. The highest BCUT2D eigenvalue weighted by atomic mass is 16.3. The van der Waals surface area contributed by atoms with Crippen molar-refractivity contribution < 1.29 is 9.90 Å². The molecule has 1 saturated heterocycles. The number of nitrogens with one attached hydrogen (secondary N) is 2. The number of aliphatic hydroxyl groups is 1. The highest BCUT2D eigenvalue weighted by Gasteiger charge is 2.20. The third kappa shape index (κ3) is 5.48. The van der Waals surface area contributed by atoms with Crippen molar-refractivity contribution in [3.05, 3.63) is 0 Å². The minimum absolute atomic E-state index is 0.139. The van der Waals surface area contributed by atoms with E-state index in [4.69, 9.17) is 0 Å². The van der Waals surface area contributed by atoms with E-state index in [1.54, 1.807) is 0 Å². The Hall–Kier alpha value is -0.650. The van der Waals surface area contributed by atoms with E-state index in [0.29, 0.717) is 19.5 Å². The van der Waals surface area contributed by atoms with Crippen LogP contribution in [-0.2, 0) is 4.79 Å². The van der Waals surface area contributed by atoms with E-state index in [-0.39, 0.29) is 18.1 Å². The van der Waals surface area contributed by atoms with E-state index in [1.165, 1.54) is 0 Å². The van der Waals surface area contributed by atoms with Gasteiger partial charge in [-0.15, -0.1) is 0 Å². The van der Waals surface area contributed by atoms with Crippen molar-refractivity contribution in [2.24, 2.45) is 0 Å². The zero-order valence-corrected chi connectivity index (χ0v) is 10.9. The molecule has 17 heavy (non-hydrogen) atoms. The predicted octanol–water partition coefficient (Wildman–Crippen LogP) is -0.443. The second-order valence-electron chi connectivity index (χ2n) is 4.60. The second kappa shape index (κ2) is 7.63. The zero-order valence-electron chi connectivity index (χ0n) is 10.9. The van der Waals surface area contributed by atoms with Gasteiger partial charge in [-0.2, -0.15) is 0 Å². The number of aliphatic hydroxyl groups excluding tert-OH is 1. The number of likely N-dealkylation sites (N-methyl/N-ethyl adjacent to an activating group) is 1. The Kier molecular flexibility index (Phi) is 6.47. The van der Waals surface area contributed by atoms with Gasteiger partial charge in [0.05, 0.1) is 6.10 Å². The van der Waals surface area contributed by atoms with Crippen LogP contribution in [0.15, 0.2) is 0 Å². The van der Waals surface area contributed by atoms with Crippen molar-refractivity contribution in [1.29, 1.82) is 0 Å². The van der Waals surface area contributed by atoms with Gasteiger partial charge >= 0.3 is 0 Å². The first-order chi connectivity index (χ1) is 8.15. The fraction of sp³-hybridized carbons (Fsp3) is 0.917. The van der Waals surface area contributed by atoms with E-state index in [9.17, 15) is 9.90 Å². The molecule has 1 amide bonds. The van der Waals surface area contributed by atoms with Crippen LogP contribution in [-0.4, -0.2) is 60.8 Å². The molecule has 2 atom stereocenters. The van der Waals surface area contributed by atoms with Crippen molar-refractivity contribution >= 4 is 5.91 Å². The summed E-state index contributed by atoms with van der Waals surface area (Å²) in [5.41, 5.74) is 0. The highest BCUT2D eigenvalue weighted by molar-refractivity contribution is 5.78. The Morgan fingerprint density at radius 2 is 2.24 bits per heavy atom. The number of rotatable bonds is 8. The predicted molar refractivity (Wildman–Crippen MR) is 67.8 cm³/mol. The molecule has 2 unspecified atom stereocenters. The smallest absolute Gasteiger partial charge is 0.220 e. The molecular formula is C12H25N3O2. The lowest BCUT2D eigenvalue weighted by Crippen LogP contribution is -2.42. The molecule has 1 aliphatic heterocycles. The van der Waals surface area contributed by atoms with Gasteiger partial charge < -0.3 is 20.6 Å². The quantitative estimate of drug-likeness (QED) is 0.541. The molecule has 5 heteroatoms. The van der Waals surface area contributed by atoms with Gasteiger partial charge in [-0.05, 0) is 19.5 Å². The van der Waals surface area contributed by atoms with Crippen molar-refractivity contribution in [2.45, 2.75) is 38.8 Å². The molecule has 0 aromatic heterocycles. The maximum absolute atomic E-state index is 11.0. The fourth-order valence-corrected chi connectivity index (χ4v) is 2.10. The number of carbonyl (C=O) groups excluding carboxylic acids is 1. The van der Waals surface area contributed by atoms with Crippen LogP contribution in [0, 0.1) is 0 Å². The largest absolute Gasteiger partial charge is 0.390 e. The Morgan fingerprint density at radius 1 is 1.53 bits per heavy atom. The number of carbonyl (C=O) groups is 1. The molecule has 100 valence electrons. The Balaban J connectivity index is 2.07. The maximum Gasteiger partial charge on any atom is 0.220 e. The number of hydrogen-bond donors (Lipinski definition) is 3. The van der Waals surface area contributed by atoms with E-state index in [1.807, 2.05) is 0 Å². The first-order valence-electron chi connectivity index (χ1n) is 6.56. The standard InChI is InChI=1S/C12H25N3O2/c1-3-15(4-2)9-11(16)8-13-7-10-5-6-12(17)14-10/h10-11,13,16H,3-9H2,1-2H3,(H,14,17). The van der Waals surface area contributed by atoms with Gasteiger partial charge in [-0.25, -0.2) is 0 Å². The van der Waals surface area contributed by atoms with Crippen LogP contribution in [0.4, 0.5) is 0 Å². The average Bonchev–Trinajstić information content (AvgIpc) is 2.72. The molecule has 1 fully saturated rings. The lowest BCUT2D eigenvalue weighted by Gasteiger charge is -2.22. The van der Waals surface area contributed by atoms with E-state index < -0.39 is 0 Å². The topological polar surface area (TPSA) is 64.6 Å². The lowest BCUT2D eigenvalue weighted by atomic mass is 10.2. The molecule has 0 aromatic rings. The van der Waals surface area contributed by atoms with Crippen LogP contribution < -0.4 is 10.6 Å². The maximum atomic E-state index is 11.0. The van der Waals surface area contributed by atoms with E-state index in [0.717, 1.165) is 26.1 Å². The molecule has 1 heterocycles. The third-order valence-corrected chi connectivity index (χ3v) is 3.22. The summed E-state index contributed by atoms with van der Waals surface area (Å²) in [5.74, 6) is 0.139. The molecule has 0 radical (unpaired) electrons. The first-order valence-corrected chi connectivity index (χ1v) is 6.56. The summed E-state index contributed by atoms with van der Waals surface area (Å²) in [6.07, 6.45) is 1.19. The Labute approximate surface area is 104 Å². The van der Waals surface area contributed by atoms with Gasteiger partial charge in [0.15, 0.2) is 0 Å². The van der Waals surface area contributed by atoms with Gasteiger partial charge in [0.1, 0.15) is 0 Å². The van der Waals surface area contributed by atoms with E-state index >= 15 is 0 Å². The summed E-state index contributed by atoms with van der Waals surface area (Å²) in [5, 5.41) is 15.9. The molecule has 0 bridgehead atoms. The van der Waals surface area contributed by atoms with Gasteiger partial charge in [0, 0.05) is 32.1 Å². The minimum atomic E-state index is -0.341. The Morgan fingerprint density at radius 3 is 2.76 bits per heavy atom. The average molecular weight is 243 g/mol. The molecule has 1 aliphatic rings. The van der Waals surface area contributed by atoms with Crippen LogP contribution in [0.1, 0.15) is 26.7 Å². The lowest BCUT2D eigenvalue weighted by molar-refractivity contribution is -0.119. The second-order valence-corrected chi connectivity index (χ2v) is 4.60. The molecule has 3 N–H and O–H groups in total. The first kappa shape index (κ1) is 14.4. The number of nitrogens with zero attached hydrogens (tertiary/aromatic N) is 1. The fourth-order valence-electron chi connectivity index (χ4n) is 2.10. The van der Waals surface area contributed by atoms with Crippen molar-refractivity contribution in [1.82, 2.24) is 15.5 Å². The van der Waals surface area contributed by atoms with Gasteiger partial charge in [-0.3, -0.25) is 4.79 Å². The summed E-state index contributed by atoms with van der Waals surface area (Å²) >= 11 is 0. The monoisotopic (exact) mass is 243 g/mol. The third-order valence-electron chi connectivity index (χ3n) is 3.22. The molecule has 0 saturated carbocycles. The van der Waals surface area contributed by atoms with Crippen LogP contribution in [0.5, 0.6) is 0 Å². The summed E-state index contributed by atoms with van der Waals surface area (Å²) in [6, 6.07) is 0.239. The molecule has 0 aliphatic carbocycles. The van der Waals surface area contributed by atoms with Gasteiger partial charge in [-0.1, -0.05) is 13.8 Å². The number of amides is 1. The highest BCUT2D eigenvalue weighted by Crippen LogP contribution is 2.04. The number of hydrogen-bond acceptors (Lipinski definition) is 4. The molecule has 5 nitrogen and oxygen atoms in total. The minimum Gasteiger partial charge on any atom is -0.390 e. The van der Waals surface area contributed by atoms with Crippen LogP contribution in [0.3, 0.4) is 0 Å². The van der Waals surface area contributed by atoms with Crippen molar-refractivity contribution in [2.75, 3.05) is 32.7 Å². The van der Waals surface area contributed by atoms with Crippen LogP contribution in [0.2, 0.25) is 0 Å². The summed E-state index contributed by atoms with van der Waals surface area (Å²) < 4.78 is 0. The molecule has 1 rings (SSSR count). The van der Waals surface area contributed by atoms with Gasteiger partial charge in [0.25, 0.3) is 0 Å². The SMILES string of the molecule is CCN(CC)CC(O)CNCC1CCC(=O)N1. The van der Waals surface area contributed by atoms with Crippen molar-refractivity contribution in [3.8, 4) is 0 Å². The molecule has 0 spiro atoms. The normalized spacial score (nSPS) is 21.9. The summed E-state index contributed by atoms with van der Waals surface area (Å²) in [7, 11) is 0. The summed E-state index contributed by atoms with van der Waals surface area (Å²) in [6.45, 7) is 8.16. The van der Waals surface area contributed by atoms with Crippen LogP contribution in [0.25, 0.3) is 0 Å². The van der Waals surface area contributed by atoms with Crippen LogP contribution >= 0.6 is 0 Å². The zero-order chi connectivity index (χ0) is 12.7. The van der Waals surface area contributed by atoms with E-state index in [2.05, 4.69) is 29.4 Å².